The highest BCUT2D eigenvalue weighted by Crippen LogP contribution is 2.22. The van der Waals surface area contributed by atoms with E-state index in [4.69, 9.17) is 4.74 Å². The third-order valence-electron chi connectivity index (χ3n) is 6.08. The van der Waals surface area contributed by atoms with Crippen molar-refractivity contribution >= 4 is 23.5 Å². The first kappa shape index (κ1) is 29.0. The number of nitrogens with one attached hydrogen (secondary N) is 1. The largest absolute Gasteiger partial charge is 0.480 e. The van der Waals surface area contributed by atoms with Crippen molar-refractivity contribution in [2.45, 2.75) is 77.8 Å². The van der Waals surface area contributed by atoms with Crippen LogP contribution in [0, 0.1) is 0 Å². The lowest BCUT2D eigenvalue weighted by Gasteiger charge is -2.30. The summed E-state index contributed by atoms with van der Waals surface area (Å²) in [5.41, 5.74) is 2.51. The number of unbranched alkanes of at least 4 members (excludes halogenated alkanes) is 2. The molecule has 2 aromatic carbocycles. The van der Waals surface area contributed by atoms with Crippen molar-refractivity contribution in [3.63, 3.8) is 0 Å². The Morgan fingerprint density at radius 1 is 0.944 bits per heavy atom. The maximum absolute atomic E-state index is 13.9. The number of amides is 1. The van der Waals surface area contributed by atoms with Crippen molar-refractivity contribution in [2.24, 2.45) is 0 Å². The van der Waals surface area contributed by atoms with Crippen molar-refractivity contribution in [1.29, 1.82) is 0 Å². The molecule has 0 bridgehead atoms. The average Bonchev–Trinajstić information content (AvgIpc) is 2.86. The fourth-order valence-electron chi connectivity index (χ4n) is 4.08. The molecule has 7 nitrogen and oxygen atoms in total. The minimum atomic E-state index is -1.11. The quantitative estimate of drug-likeness (QED) is 0.268. The van der Waals surface area contributed by atoms with Gasteiger partial charge in [-0.25, -0.2) is 0 Å². The summed E-state index contributed by atoms with van der Waals surface area (Å²) in [6, 6.07) is 15.4. The van der Waals surface area contributed by atoms with Gasteiger partial charge in [0.2, 0.25) is 5.91 Å². The highest BCUT2D eigenvalue weighted by atomic mass is 16.5. The molecule has 2 aromatic rings. The second kappa shape index (κ2) is 15.0. The van der Waals surface area contributed by atoms with E-state index < -0.39 is 36.5 Å². The molecule has 0 fully saturated rings. The Kier molecular flexibility index (Phi) is 12.1. The highest BCUT2D eigenvalue weighted by Gasteiger charge is 2.32. The van der Waals surface area contributed by atoms with Gasteiger partial charge < -0.3 is 9.84 Å². The zero-order valence-corrected chi connectivity index (χ0v) is 21.9. The van der Waals surface area contributed by atoms with E-state index in [-0.39, 0.29) is 6.61 Å². The normalized spacial score (nSPS) is 12.7. The minimum Gasteiger partial charge on any atom is -0.480 e. The Bertz CT molecular complexity index is 959. The number of benzene rings is 2. The summed E-state index contributed by atoms with van der Waals surface area (Å²) >= 11 is 0. The Hall–Kier alpha value is -3.19. The van der Waals surface area contributed by atoms with Gasteiger partial charge in [0.15, 0.2) is 0 Å². The molecule has 0 saturated carbocycles. The molecule has 2 atom stereocenters. The standard InChI is InChI=1S/C29H40N2O5/c1-5-7-9-14-25(29(35)36-6-2)30-26(19-22-12-10-8-11-13-22)28(34)31(20-27(32)33)24-17-15-23(16-18-24)21(3)4/h8,10-13,15-18,21,25-26,30H,5-7,9,14,19-20H2,1-4H3,(H,32,33). The summed E-state index contributed by atoms with van der Waals surface area (Å²) in [5.74, 6) is -1.60. The molecule has 0 aliphatic rings. The predicted octanol–water partition coefficient (Wildman–Crippen LogP) is 4.94. The summed E-state index contributed by atoms with van der Waals surface area (Å²) < 4.78 is 5.29. The Morgan fingerprint density at radius 2 is 1.61 bits per heavy atom. The van der Waals surface area contributed by atoms with Gasteiger partial charge in [-0.2, -0.15) is 0 Å². The molecule has 36 heavy (non-hydrogen) atoms. The smallest absolute Gasteiger partial charge is 0.323 e. The van der Waals surface area contributed by atoms with E-state index >= 15 is 0 Å². The van der Waals surface area contributed by atoms with E-state index in [1.165, 1.54) is 4.90 Å². The van der Waals surface area contributed by atoms with Gasteiger partial charge in [-0.3, -0.25) is 24.6 Å². The maximum Gasteiger partial charge on any atom is 0.323 e. The van der Waals surface area contributed by atoms with E-state index in [9.17, 15) is 19.5 Å². The van der Waals surface area contributed by atoms with Gasteiger partial charge in [-0.1, -0.05) is 82.5 Å². The van der Waals surface area contributed by atoms with Crippen LogP contribution in [0.25, 0.3) is 0 Å². The monoisotopic (exact) mass is 496 g/mol. The minimum absolute atomic E-state index is 0.245. The molecule has 2 rings (SSSR count). The Balaban J connectivity index is 2.41. The van der Waals surface area contributed by atoms with E-state index in [1.54, 1.807) is 19.1 Å². The molecule has 0 aliphatic heterocycles. The van der Waals surface area contributed by atoms with Crippen molar-refractivity contribution < 1.29 is 24.2 Å². The molecule has 1 amide bonds. The van der Waals surface area contributed by atoms with Crippen LogP contribution in [-0.4, -0.2) is 48.2 Å². The number of aliphatic carboxylic acids is 1. The zero-order chi connectivity index (χ0) is 26.5. The molecule has 2 unspecified atom stereocenters. The Morgan fingerprint density at radius 3 is 2.17 bits per heavy atom. The fourth-order valence-corrected chi connectivity index (χ4v) is 4.08. The van der Waals surface area contributed by atoms with E-state index in [2.05, 4.69) is 26.1 Å². The van der Waals surface area contributed by atoms with Gasteiger partial charge >= 0.3 is 11.9 Å². The summed E-state index contributed by atoms with van der Waals surface area (Å²) in [6.07, 6.45) is 3.62. The summed E-state index contributed by atoms with van der Waals surface area (Å²) in [4.78, 5) is 39.7. The molecule has 0 saturated heterocycles. The van der Waals surface area contributed by atoms with Crippen LogP contribution in [0.3, 0.4) is 0 Å². The van der Waals surface area contributed by atoms with Crippen molar-refractivity contribution in [1.82, 2.24) is 5.32 Å². The van der Waals surface area contributed by atoms with Crippen molar-refractivity contribution in [3.8, 4) is 0 Å². The number of nitrogens with zero attached hydrogens (tertiary/aromatic N) is 1. The molecule has 0 radical (unpaired) electrons. The van der Waals surface area contributed by atoms with E-state index in [0.29, 0.717) is 24.4 Å². The zero-order valence-electron chi connectivity index (χ0n) is 21.9. The summed E-state index contributed by atoms with van der Waals surface area (Å²) in [7, 11) is 0. The lowest BCUT2D eigenvalue weighted by molar-refractivity contribution is -0.146. The SMILES string of the molecule is CCCCCC(NC(Cc1ccccc1)C(=O)N(CC(=O)O)c1ccc(C(C)C)cc1)C(=O)OCC. The summed E-state index contributed by atoms with van der Waals surface area (Å²) in [6.45, 7) is 7.75. The second-order valence-corrected chi connectivity index (χ2v) is 9.27. The van der Waals surface area contributed by atoms with Crippen molar-refractivity contribution in [2.75, 3.05) is 18.1 Å². The molecular weight excluding hydrogens is 456 g/mol. The first-order valence-electron chi connectivity index (χ1n) is 12.9. The number of esters is 1. The molecule has 196 valence electrons. The Labute approximate surface area is 214 Å². The molecule has 0 aromatic heterocycles. The number of carbonyl (C=O) groups excluding carboxylic acids is 2. The van der Waals surface area contributed by atoms with Gasteiger partial charge in [0.25, 0.3) is 0 Å². The number of carbonyl (C=O) groups is 3. The van der Waals surface area contributed by atoms with Gasteiger partial charge in [0, 0.05) is 5.69 Å². The van der Waals surface area contributed by atoms with Crippen LogP contribution >= 0.6 is 0 Å². The molecule has 0 heterocycles. The molecule has 0 aliphatic carbocycles. The van der Waals surface area contributed by atoms with Crippen LogP contribution in [0.1, 0.15) is 70.4 Å². The average molecular weight is 497 g/mol. The molecule has 7 heteroatoms. The van der Waals surface area contributed by atoms with Crippen LogP contribution < -0.4 is 10.2 Å². The first-order valence-corrected chi connectivity index (χ1v) is 12.9. The lowest BCUT2D eigenvalue weighted by atomic mass is 10.0. The van der Waals surface area contributed by atoms with Gasteiger partial charge in [0.1, 0.15) is 12.6 Å². The number of ether oxygens (including phenoxy) is 1. The third-order valence-corrected chi connectivity index (χ3v) is 6.08. The van der Waals surface area contributed by atoms with Crippen molar-refractivity contribution in [3.05, 3.63) is 65.7 Å². The number of hydrogen-bond donors (Lipinski definition) is 2. The molecular formula is C29H40N2O5. The summed E-state index contributed by atoms with van der Waals surface area (Å²) in [5, 5.41) is 12.8. The number of carboxylic acid groups (broad SMARTS) is 1. The first-order chi connectivity index (χ1) is 17.3. The van der Waals surface area contributed by atoms with Gasteiger partial charge in [0.05, 0.1) is 12.6 Å². The van der Waals surface area contributed by atoms with E-state index in [1.807, 2.05) is 42.5 Å². The maximum atomic E-state index is 13.9. The van der Waals surface area contributed by atoms with Crippen LogP contribution in [0.5, 0.6) is 0 Å². The predicted molar refractivity (Wildman–Crippen MR) is 142 cm³/mol. The second-order valence-electron chi connectivity index (χ2n) is 9.27. The lowest BCUT2D eigenvalue weighted by Crippen LogP contribution is -2.54. The van der Waals surface area contributed by atoms with Crippen LogP contribution in [0.15, 0.2) is 54.6 Å². The number of rotatable bonds is 15. The van der Waals surface area contributed by atoms with Crippen LogP contribution in [-0.2, 0) is 25.5 Å². The number of carboxylic acids is 1. The number of hydrogen-bond acceptors (Lipinski definition) is 5. The third kappa shape index (κ3) is 9.11. The highest BCUT2D eigenvalue weighted by molar-refractivity contribution is 6.01. The van der Waals surface area contributed by atoms with E-state index in [0.717, 1.165) is 30.4 Å². The fraction of sp³-hybridized carbons (Fsp3) is 0.483. The van der Waals surface area contributed by atoms with Crippen LogP contribution in [0.4, 0.5) is 5.69 Å². The topological polar surface area (TPSA) is 95.9 Å². The number of anilines is 1. The molecule has 0 spiro atoms. The molecule has 2 N–H and O–H groups in total. The van der Waals surface area contributed by atoms with Crippen LogP contribution in [0.2, 0.25) is 0 Å². The van der Waals surface area contributed by atoms with Gasteiger partial charge in [-0.05, 0) is 48.9 Å². The van der Waals surface area contributed by atoms with Gasteiger partial charge in [-0.15, -0.1) is 0 Å².